The van der Waals surface area contributed by atoms with E-state index in [1.807, 2.05) is 12.1 Å². The number of rotatable bonds is 2. The highest BCUT2D eigenvalue weighted by Crippen LogP contribution is 2.34. The second-order valence-electron chi connectivity index (χ2n) is 3.54. The van der Waals surface area contributed by atoms with Gasteiger partial charge in [0.25, 0.3) is 0 Å². The quantitative estimate of drug-likeness (QED) is 0.885. The minimum absolute atomic E-state index is 0.188. The number of ether oxygens (including phenoxy) is 1. The van der Waals surface area contributed by atoms with Crippen molar-refractivity contribution in [2.45, 2.75) is 0 Å². The summed E-state index contributed by atoms with van der Waals surface area (Å²) in [4.78, 5) is 0. The molecule has 2 nitrogen and oxygen atoms in total. The van der Waals surface area contributed by atoms with Crippen LogP contribution in [0.2, 0.25) is 5.02 Å². The zero-order valence-corrected chi connectivity index (χ0v) is 11.4. The van der Waals surface area contributed by atoms with E-state index < -0.39 is 0 Å². The van der Waals surface area contributed by atoms with Gasteiger partial charge in [0.2, 0.25) is 0 Å². The van der Waals surface area contributed by atoms with Gasteiger partial charge in [-0.2, -0.15) is 0 Å². The van der Waals surface area contributed by atoms with Crippen LogP contribution in [0.3, 0.4) is 0 Å². The molecule has 0 atom stereocenters. The number of halogens is 2. The van der Waals surface area contributed by atoms with E-state index in [-0.39, 0.29) is 5.75 Å². The van der Waals surface area contributed by atoms with Crippen LogP contribution in [-0.2, 0) is 0 Å². The molecule has 0 heterocycles. The fraction of sp³-hybridized carbons (Fsp3) is 0.0769. The molecule has 0 aliphatic heterocycles. The third kappa shape index (κ3) is 2.73. The Balaban J connectivity index is 2.58. The number of hydrogen-bond donors (Lipinski definition) is 1. The Kier molecular flexibility index (Phi) is 3.60. The lowest BCUT2D eigenvalue weighted by atomic mass is 10.1. The molecule has 0 bridgehead atoms. The van der Waals surface area contributed by atoms with E-state index in [1.54, 1.807) is 31.4 Å². The maximum atomic E-state index is 9.57. The zero-order chi connectivity index (χ0) is 12.4. The van der Waals surface area contributed by atoms with Gasteiger partial charge in [0.05, 0.1) is 7.11 Å². The average molecular weight is 314 g/mol. The molecule has 1 N–H and O–H groups in total. The van der Waals surface area contributed by atoms with Crippen molar-refractivity contribution in [1.82, 2.24) is 0 Å². The van der Waals surface area contributed by atoms with Crippen molar-refractivity contribution >= 4 is 27.5 Å². The molecule has 2 rings (SSSR count). The van der Waals surface area contributed by atoms with Crippen molar-refractivity contribution in [3.8, 4) is 22.6 Å². The van der Waals surface area contributed by atoms with Gasteiger partial charge < -0.3 is 9.84 Å². The van der Waals surface area contributed by atoms with E-state index >= 15 is 0 Å². The maximum Gasteiger partial charge on any atom is 0.119 e. The number of methoxy groups -OCH3 is 1. The van der Waals surface area contributed by atoms with Gasteiger partial charge >= 0.3 is 0 Å². The second kappa shape index (κ2) is 4.98. The van der Waals surface area contributed by atoms with Crippen molar-refractivity contribution in [2.75, 3.05) is 7.11 Å². The highest BCUT2D eigenvalue weighted by Gasteiger charge is 2.07. The molecule has 0 aliphatic carbocycles. The molecule has 2 aromatic carbocycles. The Labute approximate surface area is 113 Å². The monoisotopic (exact) mass is 312 g/mol. The molecule has 88 valence electrons. The maximum absolute atomic E-state index is 9.57. The number of benzene rings is 2. The van der Waals surface area contributed by atoms with Crippen molar-refractivity contribution < 1.29 is 9.84 Å². The average Bonchev–Trinajstić information content (AvgIpc) is 2.28. The lowest BCUT2D eigenvalue weighted by Gasteiger charge is -2.08. The van der Waals surface area contributed by atoms with Crippen molar-refractivity contribution in [3.05, 3.63) is 45.9 Å². The number of phenolic OH excluding ortho intramolecular Hbond substituents is 1. The lowest BCUT2D eigenvalue weighted by molar-refractivity contribution is 0.415. The Hall–Kier alpha value is -1.19. The summed E-state index contributed by atoms with van der Waals surface area (Å²) < 4.78 is 5.96. The summed E-state index contributed by atoms with van der Waals surface area (Å²) in [6.45, 7) is 0. The number of phenols is 1. The summed E-state index contributed by atoms with van der Waals surface area (Å²) in [5, 5.41) is 10.2. The highest BCUT2D eigenvalue weighted by molar-refractivity contribution is 9.10. The predicted octanol–water partition coefficient (Wildman–Crippen LogP) is 4.48. The SMILES string of the molecule is COc1ccc(Cl)c(-c2cc(O)cc(Br)c2)c1. The predicted molar refractivity (Wildman–Crippen MR) is 72.8 cm³/mol. The van der Waals surface area contributed by atoms with Crippen LogP contribution < -0.4 is 4.74 Å². The standard InChI is InChI=1S/C13H10BrClO2/c1-17-11-2-3-13(15)12(7-11)8-4-9(14)6-10(16)5-8/h2-7,16H,1H3. The molecule has 0 aromatic heterocycles. The minimum atomic E-state index is 0.188. The first-order valence-electron chi connectivity index (χ1n) is 4.93. The van der Waals surface area contributed by atoms with Gasteiger partial charge in [-0.05, 0) is 42.0 Å². The summed E-state index contributed by atoms with van der Waals surface area (Å²) in [6.07, 6.45) is 0. The molecule has 17 heavy (non-hydrogen) atoms. The van der Waals surface area contributed by atoms with Crippen molar-refractivity contribution in [2.24, 2.45) is 0 Å². The van der Waals surface area contributed by atoms with Crippen LogP contribution in [0.4, 0.5) is 0 Å². The largest absolute Gasteiger partial charge is 0.508 e. The molecule has 4 heteroatoms. The Morgan fingerprint density at radius 2 is 1.94 bits per heavy atom. The first-order chi connectivity index (χ1) is 8.10. The molecule has 0 saturated carbocycles. The molecular formula is C13H10BrClO2. The van der Waals surface area contributed by atoms with Crippen LogP contribution in [0.15, 0.2) is 40.9 Å². The molecule has 0 aliphatic rings. The second-order valence-corrected chi connectivity index (χ2v) is 4.87. The van der Waals surface area contributed by atoms with Gasteiger partial charge in [0, 0.05) is 15.1 Å². The third-order valence-corrected chi connectivity index (χ3v) is 3.15. The highest BCUT2D eigenvalue weighted by atomic mass is 79.9. The van der Waals surface area contributed by atoms with Crippen molar-refractivity contribution in [3.63, 3.8) is 0 Å². The lowest BCUT2D eigenvalue weighted by Crippen LogP contribution is -1.85. The van der Waals surface area contributed by atoms with E-state index in [0.29, 0.717) is 5.02 Å². The smallest absolute Gasteiger partial charge is 0.119 e. The Bertz CT molecular complexity index is 535. The van der Waals surface area contributed by atoms with Crippen LogP contribution in [0.25, 0.3) is 11.1 Å². The Morgan fingerprint density at radius 3 is 2.59 bits per heavy atom. The molecule has 0 saturated heterocycles. The summed E-state index contributed by atoms with van der Waals surface area (Å²) in [5.74, 6) is 0.914. The minimum Gasteiger partial charge on any atom is -0.508 e. The molecule has 2 aromatic rings. The van der Waals surface area contributed by atoms with Crippen LogP contribution in [0, 0.1) is 0 Å². The Morgan fingerprint density at radius 1 is 1.18 bits per heavy atom. The van der Waals surface area contributed by atoms with Gasteiger partial charge in [-0.25, -0.2) is 0 Å². The zero-order valence-electron chi connectivity index (χ0n) is 9.08. The molecule has 0 spiro atoms. The fourth-order valence-electron chi connectivity index (χ4n) is 1.58. The van der Waals surface area contributed by atoms with E-state index in [4.69, 9.17) is 16.3 Å². The van der Waals surface area contributed by atoms with Crippen LogP contribution in [0.5, 0.6) is 11.5 Å². The summed E-state index contributed by atoms with van der Waals surface area (Å²) >= 11 is 9.48. The van der Waals surface area contributed by atoms with Crippen LogP contribution in [-0.4, -0.2) is 12.2 Å². The summed E-state index contributed by atoms with van der Waals surface area (Å²) in [7, 11) is 1.60. The van der Waals surface area contributed by atoms with Crippen LogP contribution >= 0.6 is 27.5 Å². The molecule has 0 fully saturated rings. The normalized spacial score (nSPS) is 10.3. The van der Waals surface area contributed by atoms with E-state index in [1.165, 1.54) is 0 Å². The van der Waals surface area contributed by atoms with Crippen molar-refractivity contribution in [1.29, 1.82) is 0 Å². The van der Waals surface area contributed by atoms with Gasteiger partial charge in [-0.3, -0.25) is 0 Å². The van der Waals surface area contributed by atoms with Gasteiger partial charge in [0.15, 0.2) is 0 Å². The van der Waals surface area contributed by atoms with E-state index in [9.17, 15) is 5.11 Å². The van der Waals surface area contributed by atoms with E-state index in [2.05, 4.69) is 15.9 Å². The first kappa shape index (κ1) is 12.3. The summed E-state index contributed by atoms with van der Waals surface area (Å²) in [5.41, 5.74) is 1.66. The summed E-state index contributed by atoms with van der Waals surface area (Å²) in [6, 6.07) is 10.6. The number of aromatic hydroxyl groups is 1. The first-order valence-corrected chi connectivity index (χ1v) is 6.10. The topological polar surface area (TPSA) is 29.5 Å². The van der Waals surface area contributed by atoms with Crippen LogP contribution in [0.1, 0.15) is 0 Å². The van der Waals surface area contributed by atoms with Gasteiger partial charge in [-0.1, -0.05) is 27.5 Å². The molecule has 0 radical (unpaired) electrons. The number of hydrogen-bond acceptors (Lipinski definition) is 2. The molecular weight excluding hydrogens is 303 g/mol. The van der Waals surface area contributed by atoms with Gasteiger partial charge in [0.1, 0.15) is 11.5 Å². The van der Waals surface area contributed by atoms with Gasteiger partial charge in [-0.15, -0.1) is 0 Å². The molecule has 0 unspecified atom stereocenters. The fourth-order valence-corrected chi connectivity index (χ4v) is 2.29. The third-order valence-electron chi connectivity index (χ3n) is 2.37. The van der Waals surface area contributed by atoms with E-state index in [0.717, 1.165) is 21.3 Å². The molecule has 0 amide bonds.